The fraction of sp³-hybridized carbons (Fsp3) is 0.567. The van der Waals surface area contributed by atoms with Gasteiger partial charge in [-0.1, -0.05) is 6.07 Å². The summed E-state index contributed by atoms with van der Waals surface area (Å²) < 4.78 is 13.7. The van der Waals surface area contributed by atoms with Crippen molar-refractivity contribution in [2.45, 2.75) is 83.5 Å². The lowest BCUT2D eigenvalue weighted by Gasteiger charge is -2.23. The fourth-order valence-corrected chi connectivity index (χ4v) is 5.95. The second kappa shape index (κ2) is 11.0. The number of carbonyl (C=O) groups is 1. The van der Waals surface area contributed by atoms with Crippen LogP contribution in [-0.4, -0.2) is 45.9 Å². The largest absolute Gasteiger partial charge is 0.461 e. The first kappa shape index (κ1) is 25.3. The lowest BCUT2D eigenvalue weighted by Crippen LogP contribution is -2.40. The maximum atomic E-state index is 12.9. The highest BCUT2D eigenvalue weighted by Gasteiger charge is 2.38. The van der Waals surface area contributed by atoms with Crippen molar-refractivity contribution in [2.75, 3.05) is 13.2 Å². The van der Waals surface area contributed by atoms with Crippen molar-refractivity contribution in [3.63, 3.8) is 0 Å². The Hall–Kier alpha value is -2.97. The summed E-state index contributed by atoms with van der Waals surface area (Å²) in [5.74, 6) is 1.68. The van der Waals surface area contributed by atoms with Crippen molar-refractivity contribution in [1.82, 2.24) is 19.9 Å². The van der Waals surface area contributed by atoms with Gasteiger partial charge in [-0.25, -0.2) is 4.98 Å². The molecule has 3 aromatic rings. The van der Waals surface area contributed by atoms with Crippen LogP contribution in [0.1, 0.15) is 62.5 Å². The van der Waals surface area contributed by atoms with Crippen molar-refractivity contribution in [3.8, 4) is 11.4 Å². The van der Waals surface area contributed by atoms with Crippen LogP contribution in [-0.2, 0) is 27.4 Å². The first-order valence-electron chi connectivity index (χ1n) is 14.3. The Morgan fingerprint density at radius 2 is 1.95 bits per heavy atom. The molecule has 8 nitrogen and oxygen atoms in total. The molecule has 0 spiro atoms. The highest BCUT2D eigenvalue weighted by atomic mass is 16.5. The third kappa shape index (κ3) is 5.57. The number of hydrogen-bond acceptors (Lipinski definition) is 6. The zero-order valence-corrected chi connectivity index (χ0v) is 22.2. The Bertz CT molecular complexity index is 1350. The van der Waals surface area contributed by atoms with Gasteiger partial charge in [0.2, 0.25) is 0 Å². The molecule has 6 rings (SSSR count). The number of nitrogens with zero attached hydrogens (tertiary/aromatic N) is 2. The number of ether oxygens (including phenoxy) is 2. The van der Waals surface area contributed by atoms with E-state index in [1.165, 1.54) is 0 Å². The van der Waals surface area contributed by atoms with Crippen LogP contribution in [0.2, 0.25) is 0 Å². The van der Waals surface area contributed by atoms with Crippen LogP contribution >= 0.6 is 0 Å². The molecule has 3 fully saturated rings. The Morgan fingerprint density at radius 3 is 2.68 bits per heavy atom. The first-order valence-corrected chi connectivity index (χ1v) is 14.3. The highest BCUT2D eigenvalue weighted by molar-refractivity contribution is 5.81. The molecule has 1 aliphatic heterocycles. The number of hydrogen-bond donors (Lipinski definition) is 2. The van der Waals surface area contributed by atoms with E-state index in [0.29, 0.717) is 23.9 Å². The van der Waals surface area contributed by atoms with Crippen molar-refractivity contribution < 1.29 is 14.3 Å². The topological polar surface area (TPSA) is 98.2 Å². The monoisotopic (exact) mass is 518 g/mol. The van der Waals surface area contributed by atoms with Crippen LogP contribution in [0.4, 0.5) is 0 Å². The lowest BCUT2D eigenvalue weighted by molar-refractivity contribution is -0.152. The third-order valence-electron chi connectivity index (χ3n) is 8.40. The molecule has 2 saturated carbocycles. The molecule has 3 heterocycles. The fourth-order valence-electron chi connectivity index (χ4n) is 5.95. The van der Waals surface area contributed by atoms with Gasteiger partial charge in [-0.2, -0.15) is 0 Å². The maximum absolute atomic E-state index is 12.9. The molecular weight excluding hydrogens is 480 g/mol. The minimum Gasteiger partial charge on any atom is -0.461 e. The van der Waals surface area contributed by atoms with Gasteiger partial charge in [0.25, 0.3) is 5.56 Å². The quantitative estimate of drug-likeness (QED) is 0.406. The zero-order chi connectivity index (χ0) is 26.1. The molecule has 1 saturated heterocycles. The molecule has 1 unspecified atom stereocenters. The molecule has 1 atom stereocenters. The SMILES string of the molecule is Cc1cc(-c2nc3cc(CNC(C(=O)OC4CCCC4)C4CC4)ccc3n2CC2CCOCC2)c[nH]c1=O. The third-order valence-corrected chi connectivity index (χ3v) is 8.40. The van der Waals surface area contributed by atoms with Crippen molar-refractivity contribution in [1.29, 1.82) is 0 Å². The van der Waals surface area contributed by atoms with Gasteiger partial charge >= 0.3 is 5.97 Å². The Kier molecular flexibility index (Phi) is 7.34. The Balaban J connectivity index is 1.25. The summed E-state index contributed by atoms with van der Waals surface area (Å²) in [6.07, 6.45) is 10.4. The number of fused-ring (bicyclic) bond motifs is 1. The molecule has 0 amide bonds. The molecule has 0 radical (unpaired) electrons. The molecule has 2 N–H and O–H groups in total. The number of H-pyrrole nitrogens is 1. The highest BCUT2D eigenvalue weighted by Crippen LogP contribution is 2.34. The van der Waals surface area contributed by atoms with Crippen molar-refractivity contribution >= 4 is 17.0 Å². The van der Waals surface area contributed by atoms with Crippen LogP contribution < -0.4 is 10.9 Å². The van der Waals surface area contributed by atoms with Crippen molar-refractivity contribution in [3.05, 3.63) is 51.9 Å². The summed E-state index contributed by atoms with van der Waals surface area (Å²) in [7, 11) is 0. The smallest absolute Gasteiger partial charge is 0.323 e. The zero-order valence-electron chi connectivity index (χ0n) is 22.2. The molecule has 8 heteroatoms. The maximum Gasteiger partial charge on any atom is 0.323 e. The van der Waals surface area contributed by atoms with E-state index in [1.807, 2.05) is 13.0 Å². The molecule has 0 bridgehead atoms. The summed E-state index contributed by atoms with van der Waals surface area (Å²) in [5.41, 5.74) is 4.61. The van der Waals surface area contributed by atoms with Gasteiger partial charge in [0, 0.05) is 43.6 Å². The van der Waals surface area contributed by atoms with Gasteiger partial charge in [-0.15, -0.1) is 0 Å². The van der Waals surface area contributed by atoms with E-state index in [9.17, 15) is 9.59 Å². The molecule has 1 aromatic carbocycles. The van der Waals surface area contributed by atoms with E-state index < -0.39 is 0 Å². The summed E-state index contributed by atoms with van der Waals surface area (Å²) in [4.78, 5) is 32.8. The average molecular weight is 519 g/mol. The Morgan fingerprint density at radius 1 is 1.16 bits per heavy atom. The van der Waals surface area contributed by atoms with Crippen LogP contribution in [0.3, 0.4) is 0 Å². The second-order valence-electron chi connectivity index (χ2n) is 11.4. The number of aryl methyl sites for hydroxylation is 1. The van der Waals surface area contributed by atoms with E-state index in [1.54, 1.807) is 6.20 Å². The molecule has 202 valence electrons. The molecule has 2 aromatic heterocycles. The van der Waals surface area contributed by atoms with E-state index in [4.69, 9.17) is 14.5 Å². The van der Waals surface area contributed by atoms with E-state index in [0.717, 1.165) is 99.1 Å². The van der Waals surface area contributed by atoms with Gasteiger partial charge in [-0.3, -0.25) is 9.59 Å². The average Bonchev–Trinajstić information content (AvgIpc) is 3.51. The van der Waals surface area contributed by atoms with E-state index in [2.05, 4.69) is 33.1 Å². The van der Waals surface area contributed by atoms with Crippen molar-refractivity contribution in [2.24, 2.45) is 11.8 Å². The lowest BCUT2D eigenvalue weighted by atomic mass is 10.00. The number of aromatic nitrogens is 3. The van der Waals surface area contributed by atoms with Crippen LogP contribution in [0.25, 0.3) is 22.4 Å². The first-order chi connectivity index (χ1) is 18.5. The van der Waals surface area contributed by atoms with Crippen LogP contribution in [0.15, 0.2) is 35.3 Å². The molecule has 2 aliphatic carbocycles. The number of esters is 1. The van der Waals surface area contributed by atoms with Gasteiger partial charge in [0.05, 0.1) is 11.0 Å². The molecular formula is C30H38N4O4. The van der Waals surface area contributed by atoms with Gasteiger partial charge in [-0.05, 0) is 93.9 Å². The van der Waals surface area contributed by atoms with E-state index in [-0.39, 0.29) is 23.7 Å². The summed E-state index contributed by atoms with van der Waals surface area (Å²) >= 11 is 0. The number of carbonyl (C=O) groups excluding carboxylic acids is 1. The number of imidazole rings is 1. The Labute approximate surface area is 223 Å². The standard InChI is InChI=1S/C30H38N4O4/c1-19-14-23(17-32-29(19)35)28-33-25-15-21(6-9-26(25)34(28)18-20-10-12-37-13-11-20)16-31-27(22-7-8-22)30(36)38-24-4-2-3-5-24/h6,9,14-15,17,20,22,24,27,31H,2-5,7-8,10-13,16,18H2,1H3,(H,32,35). The number of rotatable bonds is 9. The minimum atomic E-state index is -0.239. The summed E-state index contributed by atoms with van der Waals surface area (Å²) in [5, 5.41) is 3.51. The number of nitrogens with one attached hydrogen (secondary N) is 2. The minimum absolute atomic E-state index is 0.0779. The second-order valence-corrected chi connectivity index (χ2v) is 11.4. The molecule has 38 heavy (non-hydrogen) atoms. The predicted octanol–water partition coefficient (Wildman–Crippen LogP) is 4.48. The van der Waals surface area contributed by atoms with Gasteiger partial charge < -0.3 is 24.3 Å². The number of benzene rings is 1. The van der Waals surface area contributed by atoms with E-state index >= 15 is 0 Å². The number of aromatic amines is 1. The predicted molar refractivity (Wildman–Crippen MR) is 146 cm³/mol. The molecule has 3 aliphatic rings. The van der Waals surface area contributed by atoms with Crippen LogP contribution in [0, 0.1) is 18.8 Å². The van der Waals surface area contributed by atoms with Crippen LogP contribution in [0.5, 0.6) is 0 Å². The summed E-state index contributed by atoms with van der Waals surface area (Å²) in [6, 6.07) is 8.07. The number of pyridine rings is 1. The van der Waals surface area contributed by atoms with Gasteiger partial charge in [0.1, 0.15) is 18.0 Å². The normalized spacial score (nSPS) is 19.7. The van der Waals surface area contributed by atoms with Gasteiger partial charge in [0.15, 0.2) is 0 Å². The summed E-state index contributed by atoms with van der Waals surface area (Å²) in [6.45, 7) is 4.88.